The maximum Gasteiger partial charge on any atom is 0.243 e. The Morgan fingerprint density at radius 2 is 1.74 bits per heavy atom. The second-order valence-corrected chi connectivity index (χ2v) is 6.87. The monoisotopic (exact) mass is 387 g/mol. The number of hydrogen-bond donors (Lipinski definition) is 3. The lowest BCUT2D eigenvalue weighted by atomic mass is 9.99. The molecule has 0 spiro atoms. The number of carbonyl (C=O) groups excluding carboxylic acids is 3. The predicted molar refractivity (Wildman–Crippen MR) is 106 cm³/mol. The van der Waals surface area contributed by atoms with E-state index in [0.717, 1.165) is 0 Å². The number of benzene rings is 2. The fourth-order valence-electron chi connectivity index (χ4n) is 2.56. The van der Waals surface area contributed by atoms with Crippen LogP contribution < -0.4 is 16.4 Å². The van der Waals surface area contributed by atoms with E-state index in [9.17, 15) is 14.4 Å². The normalized spacial score (nSPS) is 11.7. The van der Waals surface area contributed by atoms with E-state index >= 15 is 0 Å². The molecule has 6 nitrogen and oxygen atoms in total. The summed E-state index contributed by atoms with van der Waals surface area (Å²) in [5.74, 6) is -1.32. The molecule has 0 heterocycles. The molecule has 27 heavy (non-hydrogen) atoms. The fourth-order valence-corrected chi connectivity index (χ4v) is 2.73. The van der Waals surface area contributed by atoms with Crippen LogP contribution in [0.1, 0.15) is 29.8 Å². The molecule has 1 atom stereocenters. The lowest BCUT2D eigenvalue weighted by Crippen LogP contribution is -2.45. The van der Waals surface area contributed by atoms with Crippen molar-refractivity contribution in [2.45, 2.75) is 19.9 Å². The van der Waals surface area contributed by atoms with Gasteiger partial charge < -0.3 is 16.4 Å². The average Bonchev–Trinajstić information content (AvgIpc) is 2.64. The third-order valence-corrected chi connectivity index (χ3v) is 4.19. The fraction of sp³-hybridized carbons (Fsp3) is 0.250. The molecule has 0 aliphatic heterocycles. The number of nitrogens with two attached hydrogens (primary N) is 1. The van der Waals surface area contributed by atoms with Crippen molar-refractivity contribution in [2.24, 2.45) is 11.7 Å². The largest absolute Gasteiger partial charge is 0.373 e. The van der Waals surface area contributed by atoms with E-state index in [2.05, 4.69) is 10.6 Å². The van der Waals surface area contributed by atoms with Gasteiger partial charge in [0.25, 0.3) is 0 Å². The van der Waals surface area contributed by atoms with E-state index in [1.54, 1.807) is 42.5 Å². The van der Waals surface area contributed by atoms with Crippen molar-refractivity contribution in [3.63, 3.8) is 0 Å². The Morgan fingerprint density at radius 3 is 2.33 bits per heavy atom. The molecular formula is C20H22ClN3O3. The number of rotatable bonds is 8. The Kier molecular flexibility index (Phi) is 6.96. The molecule has 2 amide bonds. The van der Waals surface area contributed by atoms with Crippen LogP contribution in [0.3, 0.4) is 0 Å². The maximum atomic E-state index is 12.9. The first-order valence-electron chi connectivity index (χ1n) is 8.51. The van der Waals surface area contributed by atoms with Gasteiger partial charge in [-0.2, -0.15) is 0 Å². The Balaban J connectivity index is 2.32. The highest BCUT2D eigenvalue weighted by Gasteiger charge is 2.24. The molecule has 7 heteroatoms. The van der Waals surface area contributed by atoms with Crippen LogP contribution in [0.25, 0.3) is 0 Å². The SMILES string of the molecule is CC(C)[C@H](Nc1ccc(Cl)cc1C(=O)c1ccccc1)C(=O)NCC(N)=O. The molecule has 0 saturated heterocycles. The van der Waals surface area contributed by atoms with Crippen molar-refractivity contribution in [2.75, 3.05) is 11.9 Å². The molecule has 2 rings (SSSR count). The van der Waals surface area contributed by atoms with Crippen LogP contribution >= 0.6 is 11.6 Å². The molecule has 0 aliphatic carbocycles. The molecule has 2 aromatic carbocycles. The zero-order valence-electron chi connectivity index (χ0n) is 15.2. The molecule has 142 valence electrons. The summed E-state index contributed by atoms with van der Waals surface area (Å²) in [6, 6.07) is 13.0. The Hall–Kier alpha value is -2.86. The summed E-state index contributed by atoms with van der Waals surface area (Å²) >= 11 is 6.08. The molecule has 0 saturated carbocycles. The van der Waals surface area contributed by atoms with Gasteiger partial charge in [0.05, 0.1) is 6.54 Å². The second-order valence-electron chi connectivity index (χ2n) is 6.44. The number of nitrogens with one attached hydrogen (secondary N) is 2. The van der Waals surface area contributed by atoms with Crippen LogP contribution in [0.4, 0.5) is 5.69 Å². The number of amides is 2. The first-order chi connectivity index (χ1) is 12.8. The van der Waals surface area contributed by atoms with Crippen LogP contribution in [0.2, 0.25) is 5.02 Å². The molecule has 4 N–H and O–H groups in total. The molecule has 0 bridgehead atoms. The van der Waals surface area contributed by atoms with Crippen molar-refractivity contribution < 1.29 is 14.4 Å². The molecular weight excluding hydrogens is 366 g/mol. The Labute approximate surface area is 163 Å². The van der Waals surface area contributed by atoms with Gasteiger partial charge in [0.15, 0.2) is 5.78 Å². The van der Waals surface area contributed by atoms with E-state index in [1.165, 1.54) is 0 Å². The van der Waals surface area contributed by atoms with E-state index in [-0.39, 0.29) is 24.2 Å². The van der Waals surface area contributed by atoms with Gasteiger partial charge in [-0.15, -0.1) is 0 Å². The van der Waals surface area contributed by atoms with Crippen molar-refractivity contribution >= 4 is 34.9 Å². The van der Waals surface area contributed by atoms with E-state index in [4.69, 9.17) is 17.3 Å². The quantitative estimate of drug-likeness (QED) is 0.606. The van der Waals surface area contributed by atoms with Crippen LogP contribution in [-0.2, 0) is 9.59 Å². The number of anilines is 1. The molecule has 0 radical (unpaired) electrons. The summed E-state index contributed by atoms with van der Waals surface area (Å²) in [7, 11) is 0. The lowest BCUT2D eigenvalue weighted by molar-refractivity contribution is -0.125. The third kappa shape index (κ3) is 5.56. The highest BCUT2D eigenvalue weighted by atomic mass is 35.5. The van der Waals surface area contributed by atoms with Gasteiger partial charge in [0.2, 0.25) is 11.8 Å². The van der Waals surface area contributed by atoms with Gasteiger partial charge in [-0.3, -0.25) is 14.4 Å². The van der Waals surface area contributed by atoms with Gasteiger partial charge in [-0.05, 0) is 24.1 Å². The zero-order chi connectivity index (χ0) is 20.0. The van der Waals surface area contributed by atoms with E-state index in [0.29, 0.717) is 21.8 Å². The standard InChI is InChI=1S/C20H22ClN3O3/c1-12(2)18(20(27)23-11-17(22)25)24-16-9-8-14(21)10-15(16)19(26)13-6-4-3-5-7-13/h3-10,12,18,24H,11H2,1-2H3,(H2,22,25)(H,23,27)/t18-/m0/s1. The zero-order valence-corrected chi connectivity index (χ0v) is 15.9. The minimum Gasteiger partial charge on any atom is -0.373 e. The minimum absolute atomic E-state index is 0.103. The summed E-state index contributed by atoms with van der Waals surface area (Å²) in [5.41, 5.74) is 6.45. The molecule has 0 aliphatic rings. The van der Waals surface area contributed by atoms with Crippen molar-refractivity contribution in [3.05, 3.63) is 64.7 Å². The first kappa shape index (κ1) is 20.5. The smallest absolute Gasteiger partial charge is 0.243 e. The van der Waals surface area contributed by atoms with Crippen LogP contribution in [0.15, 0.2) is 48.5 Å². The first-order valence-corrected chi connectivity index (χ1v) is 8.89. The third-order valence-electron chi connectivity index (χ3n) is 3.96. The number of halogens is 1. The number of hydrogen-bond acceptors (Lipinski definition) is 4. The van der Waals surface area contributed by atoms with Crippen molar-refractivity contribution in [3.8, 4) is 0 Å². The van der Waals surface area contributed by atoms with Gasteiger partial charge in [-0.25, -0.2) is 0 Å². The van der Waals surface area contributed by atoms with Gasteiger partial charge >= 0.3 is 0 Å². The summed E-state index contributed by atoms with van der Waals surface area (Å²) < 4.78 is 0. The summed E-state index contributed by atoms with van der Waals surface area (Å²) in [6.07, 6.45) is 0. The Morgan fingerprint density at radius 1 is 1.07 bits per heavy atom. The molecule has 0 fully saturated rings. The van der Waals surface area contributed by atoms with Crippen LogP contribution in [0.5, 0.6) is 0 Å². The van der Waals surface area contributed by atoms with Crippen LogP contribution in [0, 0.1) is 5.92 Å². The number of carbonyl (C=O) groups is 3. The summed E-state index contributed by atoms with van der Waals surface area (Å²) in [6.45, 7) is 3.46. The second kappa shape index (κ2) is 9.19. The summed E-state index contributed by atoms with van der Waals surface area (Å²) in [4.78, 5) is 36.2. The number of primary amides is 1. The van der Waals surface area contributed by atoms with Gasteiger partial charge in [0.1, 0.15) is 6.04 Å². The van der Waals surface area contributed by atoms with Crippen molar-refractivity contribution in [1.82, 2.24) is 5.32 Å². The highest BCUT2D eigenvalue weighted by molar-refractivity contribution is 6.31. The average molecular weight is 388 g/mol. The van der Waals surface area contributed by atoms with Crippen molar-refractivity contribution in [1.29, 1.82) is 0 Å². The molecule has 0 aromatic heterocycles. The van der Waals surface area contributed by atoms with E-state index < -0.39 is 11.9 Å². The van der Waals surface area contributed by atoms with E-state index in [1.807, 2.05) is 19.9 Å². The lowest BCUT2D eigenvalue weighted by Gasteiger charge is -2.24. The molecule has 0 unspecified atom stereocenters. The Bertz CT molecular complexity index is 838. The van der Waals surface area contributed by atoms with Crippen LogP contribution in [-0.4, -0.2) is 30.2 Å². The highest BCUT2D eigenvalue weighted by Crippen LogP contribution is 2.25. The number of ketones is 1. The topological polar surface area (TPSA) is 101 Å². The van der Waals surface area contributed by atoms with Gasteiger partial charge in [0, 0.05) is 21.8 Å². The van der Waals surface area contributed by atoms with Gasteiger partial charge in [-0.1, -0.05) is 55.8 Å². The predicted octanol–water partition coefficient (Wildman–Crippen LogP) is 2.61. The molecule has 2 aromatic rings. The maximum absolute atomic E-state index is 12.9. The summed E-state index contributed by atoms with van der Waals surface area (Å²) in [5, 5.41) is 6.01. The minimum atomic E-state index is -0.659.